The van der Waals surface area contributed by atoms with Gasteiger partial charge in [0, 0.05) is 37.9 Å². The van der Waals surface area contributed by atoms with E-state index in [1.807, 2.05) is 12.3 Å². The molecule has 1 saturated heterocycles. The smallest absolute Gasteiger partial charge is 0.0587 e. The number of hydrogen-bond acceptors (Lipinski definition) is 3. The van der Waals surface area contributed by atoms with Crippen LogP contribution in [0.5, 0.6) is 0 Å². The first-order valence-corrected chi connectivity index (χ1v) is 7.69. The van der Waals surface area contributed by atoms with Crippen molar-refractivity contribution in [2.24, 2.45) is 11.8 Å². The molecule has 1 N–H and O–H groups in total. The van der Waals surface area contributed by atoms with Gasteiger partial charge in [0.15, 0.2) is 0 Å². The Morgan fingerprint density at radius 3 is 2.62 bits per heavy atom. The zero-order chi connectivity index (χ0) is 14.2. The molecule has 0 spiro atoms. The average molecular weight is 280 g/mol. The first kappa shape index (κ1) is 13.0. The van der Waals surface area contributed by atoms with Crippen molar-refractivity contribution in [2.45, 2.75) is 19.1 Å². The van der Waals surface area contributed by atoms with Crippen LogP contribution < -0.4 is 0 Å². The normalized spacial score (nSPS) is 28.1. The Hall–Kier alpha value is -1.71. The first-order chi connectivity index (χ1) is 10.3. The Morgan fingerprint density at radius 1 is 1.10 bits per heavy atom. The number of nitrogens with zero attached hydrogens (tertiary/aromatic N) is 2. The second-order valence-corrected chi connectivity index (χ2v) is 6.36. The summed E-state index contributed by atoms with van der Waals surface area (Å²) in [5, 5.41) is 9.73. The Morgan fingerprint density at radius 2 is 1.95 bits per heavy atom. The summed E-state index contributed by atoms with van der Waals surface area (Å²) in [6, 6.07) is 12.8. The standard InChI is InChI=1S/C18H20N2O/c21-18-8-16-11-20(12-17(16)18)10-13-3-5-14(6-4-13)15-2-1-7-19-9-15/h1-7,9,16-18,21H,8,10-12H2/t16-,17+,18+/m1/s1. The van der Waals surface area contributed by atoms with Crippen molar-refractivity contribution in [3.8, 4) is 11.1 Å². The fraction of sp³-hybridized carbons (Fsp3) is 0.389. The summed E-state index contributed by atoms with van der Waals surface area (Å²) in [7, 11) is 0. The fourth-order valence-electron chi connectivity index (χ4n) is 3.69. The molecule has 0 bridgehead atoms. The third-order valence-corrected chi connectivity index (χ3v) is 4.96. The minimum atomic E-state index is -0.0482. The molecule has 4 rings (SSSR count). The van der Waals surface area contributed by atoms with Gasteiger partial charge in [-0.25, -0.2) is 0 Å². The Kier molecular flexibility index (Phi) is 3.24. The van der Waals surface area contributed by atoms with Crippen LogP contribution in [0.1, 0.15) is 12.0 Å². The summed E-state index contributed by atoms with van der Waals surface area (Å²) in [6.45, 7) is 3.19. The van der Waals surface area contributed by atoms with E-state index in [1.54, 1.807) is 6.20 Å². The van der Waals surface area contributed by atoms with Gasteiger partial charge in [-0.3, -0.25) is 9.88 Å². The van der Waals surface area contributed by atoms with Crippen molar-refractivity contribution in [3.05, 3.63) is 54.4 Å². The van der Waals surface area contributed by atoms with Crippen LogP contribution in [0.2, 0.25) is 0 Å². The maximum Gasteiger partial charge on any atom is 0.0587 e. The molecule has 1 aliphatic heterocycles. The molecule has 1 aromatic carbocycles. The lowest BCUT2D eigenvalue weighted by Crippen LogP contribution is -2.39. The highest BCUT2D eigenvalue weighted by Gasteiger charge is 2.45. The zero-order valence-electron chi connectivity index (χ0n) is 12.0. The number of hydrogen-bond donors (Lipinski definition) is 1. The summed E-state index contributed by atoms with van der Waals surface area (Å²) in [4.78, 5) is 6.64. The van der Waals surface area contributed by atoms with E-state index in [0.29, 0.717) is 5.92 Å². The molecule has 2 aromatic rings. The van der Waals surface area contributed by atoms with Crippen molar-refractivity contribution < 1.29 is 5.11 Å². The van der Waals surface area contributed by atoms with E-state index in [1.165, 1.54) is 11.1 Å². The quantitative estimate of drug-likeness (QED) is 0.938. The second kappa shape index (κ2) is 5.24. The van der Waals surface area contributed by atoms with E-state index in [4.69, 9.17) is 0 Å². The van der Waals surface area contributed by atoms with Crippen LogP contribution in [-0.4, -0.2) is 34.2 Å². The average Bonchev–Trinajstić information content (AvgIpc) is 2.85. The number of likely N-dealkylation sites (tertiary alicyclic amines) is 1. The van der Waals surface area contributed by atoms with Gasteiger partial charge in [0.1, 0.15) is 0 Å². The van der Waals surface area contributed by atoms with Crippen LogP contribution in [0.3, 0.4) is 0 Å². The highest BCUT2D eigenvalue weighted by molar-refractivity contribution is 5.62. The molecule has 0 amide bonds. The molecule has 0 unspecified atom stereocenters. The molecular formula is C18H20N2O. The molecule has 108 valence electrons. The summed E-state index contributed by atoms with van der Waals surface area (Å²) in [5.41, 5.74) is 3.72. The summed E-state index contributed by atoms with van der Waals surface area (Å²) in [5.74, 6) is 1.26. The molecule has 1 aliphatic carbocycles. The van der Waals surface area contributed by atoms with Crippen LogP contribution in [0.4, 0.5) is 0 Å². The molecule has 1 saturated carbocycles. The molecule has 2 fully saturated rings. The predicted molar refractivity (Wildman–Crippen MR) is 82.6 cm³/mol. The van der Waals surface area contributed by atoms with Gasteiger partial charge in [0.05, 0.1) is 6.10 Å². The predicted octanol–water partition coefficient (Wildman–Crippen LogP) is 2.56. The lowest BCUT2D eigenvalue weighted by molar-refractivity contribution is -0.00435. The molecule has 1 aromatic heterocycles. The lowest BCUT2D eigenvalue weighted by Gasteiger charge is -2.35. The maximum atomic E-state index is 9.73. The molecule has 2 heterocycles. The van der Waals surface area contributed by atoms with Crippen molar-refractivity contribution >= 4 is 0 Å². The number of pyridine rings is 1. The van der Waals surface area contributed by atoms with E-state index in [9.17, 15) is 5.11 Å². The molecule has 21 heavy (non-hydrogen) atoms. The van der Waals surface area contributed by atoms with Gasteiger partial charge in [-0.15, -0.1) is 0 Å². The largest absolute Gasteiger partial charge is 0.393 e. The van der Waals surface area contributed by atoms with Gasteiger partial charge in [0.2, 0.25) is 0 Å². The van der Waals surface area contributed by atoms with Gasteiger partial charge in [-0.1, -0.05) is 30.3 Å². The fourth-order valence-corrected chi connectivity index (χ4v) is 3.69. The monoisotopic (exact) mass is 280 g/mol. The van der Waals surface area contributed by atoms with Gasteiger partial charge in [-0.2, -0.15) is 0 Å². The molecule has 2 aliphatic rings. The Labute approximate surface area is 125 Å². The number of aliphatic hydroxyl groups is 1. The molecule has 3 nitrogen and oxygen atoms in total. The summed E-state index contributed by atoms with van der Waals surface area (Å²) >= 11 is 0. The van der Waals surface area contributed by atoms with Gasteiger partial charge in [0.25, 0.3) is 0 Å². The van der Waals surface area contributed by atoms with E-state index < -0.39 is 0 Å². The number of aromatic nitrogens is 1. The maximum absolute atomic E-state index is 9.73. The van der Waals surface area contributed by atoms with Crippen LogP contribution in [0.25, 0.3) is 11.1 Å². The van der Waals surface area contributed by atoms with Gasteiger partial charge < -0.3 is 5.11 Å². The molecule has 0 radical (unpaired) electrons. The number of benzene rings is 1. The van der Waals surface area contributed by atoms with Crippen molar-refractivity contribution in [3.63, 3.8) is 0 Å². The van der Waals surface area contributed by atoms with E-state index in [0.717, 1.165) is 37.5 Å². The molecule has 3 heteroatoms. The SMILES string of the molecule is O[C@H]1C[C@@H]2CN(Cc3ccc(-c4cccnc4)cc3)C[C@@H]21. The summed E-state index contributed by atoms with van der Waals surface area (Å²) in [6.07, 6.45) is 4.65. The van der Waals surface area contributed by atoms with Crippen LogP contribution >= 0.6 is 0 Å². The lowest BCUT2D eigenvalue weighted by atomic mass is 9.74. The minimum Gasteiger partial charge on any atom is -0.393 e. The third-order valence-electron chi connectivity index (χ3n) is 4.96. The zero-order valence-corrected chi connectivity index (χ0v) is 12.0. The minimum absolute atomic E-state index is 0.0482. The Bertz CT molecular complexity index is 611. The molecular weight excluding hydrogens is 260 g/mol. The van der Waals surface area contributed by atoms with Crippen molar-refractivity contribution in [2.75, 3.05) is 13.1 Å². The first-order valence-electron chi connectivity index (χ1n) is 7.69. The topological polar surface area (TPSA) is 36.4 Å². The Balaban J connectivity index is 1.43. The van der Waals surface area contributed by atoms with Crippen LogP contribution in [0.15, 0.2) is 48.8 Å². The molecule has 3 atom stereocenters. The van der Waals surface area contributed by atoms with Crippen LogP contribution in [0, 0.1) is 11.8 Å². The number of fused-ring (bicyclic) bond motifs is 1. The summed E-state index contributed by atoms with van der Waals surface area (Å²) < 4.78 is 0. The third kappa shape index (κ3) is 2.47. The van der Waals surface area contributed by atoms with Crippen molar-refractivity contribution in [1.82, 2.24) is 9.88 Å². The van der Waals surface area contributed by atoms with Crippen LogP contribution in [-0.2, 0) is 6.54 Å². The van der Waals surface area contributed by atoms with Crippen molar-refractivity contribution in [1.29, 1.82) is 0 Å². The number of aliphatic hydroxyl groups excluding tert-OH is 1. The highest BCUT2D eigenvalue weighted by atomic mass is 16.3. The van der Waals surface area contributed by atoms with E-state index in [2.05, 4.69) is 40.2 Å². The van der Waals surface area contributed by atoms with E-state index >= 15 is 0 Å². The van der Waals surface area contributed by atoms with Gasteiger partial charge >= 0.3 is 0 Å². The van der Waals surface area contributed by atoms with Gasteiger partial charge in [-0.05, 0) is 35.1 Å². The second-order valence-electron chi connectivity index (χ2n) is 6.36. The number of rotatable bonds is 3. The van der Waals surface area contributed by atoms with E-state index in [-0.39, 0.29) is 6.10 Å². The highest BCUT2D eigenvalue weighted by Crippen LogP contribution is 2.41.